The lowest BCUT2D eigenvalue weighted by atomic mass is 9.75. The molecule has 6 heteroatoms. The Balaban J connectivity index is 2.15. The molecular formula is C13H17FN2O2S. The maximum atomic E-state index is 13.4. The Labute approximate surface area is 112 Å². The van der Waals surface area contributed by atoms with Crippen LogP contribution in [0.1, 0.15) is 18.4 Å². The summed E-state index contributed by atoms with van der Waals surface area (Å²) < 4.78 is 38.6. The lowest BCUT2D eigenvalue weighted by molar-refractivity contribution is 0.330. The molecule has 2 aliphatic rings. The van der Waals surface area contributed by atoms with Crippen molar-refractivity contribution in [2.45, 2.75) is 18.3 Å². The first-order chi connectivity index (χ1) is 8.92. The van der Waals surface area contributed by atoms with Gasteiger partial charge in [0.15, 0.2) is 0 Å². The molecule has 0 aliphatic carbocycles. The second-order valence-corrected chi connectivity index (χ2v) is 7.37. The van der Waals surface area contributed by atoms with Gasteiger partial charge in [-0.15, -0.1) is 0 Å². The number of rotatable bonds is 1. The van der Waals surface area contributed by atoms with Crippen LogP contribution in [0.25, 0.3) is 0 Å². The third kappa shape index (κ3) is 2.03. The average molecular weight is 284 g/mol. The molecule has 1 aromatic carbocycles. The zero-order valence-corrected chi connectivity index (χ0v) is 11.6. The third-order valence-corrected chi connectivity index (χ3v) is 5.33. The van der Waals surface area contributed by atoms with Crippen molar-refractivity contribution in [2.24, 2.45) is 0 Å². The Morgan fingerprint density at radius 1 is 1.32 bits per heavy atom. The minimum absolute atomic E-state index is 0.155. The van der Waals surface area contributed by atoms with Gasteiger partial charge in [-0.3, -0.25) is 4.31 Å². The average Bonchev–Trinajstić information content (AvgIpc) is 2.64. The van der Waals surface area contributed by atoms with Gasteiger partial charge in [0.1, 0.15) is 5.82 Å². The zero-order valence-electron chi connectivity index (χ0n) is 10.8. The smallest absolute Gasteiger partial charge is 0.232 e. The van der Waals surface area contributed by atoms with Crippen LogP contribution in [0.15, 0.2) is 18.2 Å². The van der Waals surface area contributed by atoms with Crippen LogP contribution in [0.2, 0.25) is 0 Å². The Kier molecular flexibility index (Phi) is 2.83. The van der Waals surface area contributed by atoms with E-state index in [4.69, 9.17) is 0 Å². The monoisotopic (exact) mass is 284 g/mol. The van der Waals surface area contributed by atoms with Gasteiger partial charge >= 0.3 is 0 Å². The lowest BCUT2D eigenvalue weighted by Crippen LogP contribution is -2.44. The van der Waals surface area contributed by atoms with Crippen LogP contribution < -0.4 is 9.62 Å². The summed E-state index contributed by atoms with van der Waals surface area (Å²) in [5.74, 6) is -0.390. The molecular weight excluding hydrogens is 267 g/mol. The summed E-state index contributed by atoms with van der Waals surface area (Å²) in [6.07, 6.45) is 2.96. The molecule has 1 spiro atoms. The molecule has 4 nitrogen and oxygen atoms in total. The van der Waals surface area contributed by atoms with E-state index in [0.29, 0.717) is 12.2 Å². The molecule has 0 radical (unpaired) electrons. The molecule has 104 valence electrons. The van der Waals surface area contributed by atoms with E-state index in [1.54, 1.807) is 6.07 Å². The number of anilines is 1. The molecule has 0 aromatic heterocycles. The fourth-order valence-electron chi connectivity index (χ4n) is 3.23. The first kappa shape index (κ1) is 12.9. The Morgan fingerprint density at radius 3 is 2.63 bits per heavy atom. The van der Waals surface area contributed by atoms with Crippen LogP contribution in [-0.2, 0) is 15.4 Å². The van der Waals surface area contributed by atoms with Crippen molar-refractivity contribution >= 4 is 15.7 Å². The minimum Gasteiger partial charge on any atom is -0.317 e. The van der Waals surface area contributed by atoms with Crippen molar-refractivity contribution in [1.29, 1.82) is 0 Å². The summed E-state index contributed by atoms with van der Waals surface area (Å²) in [6.45, 7) is 2.18. The third-order valence-electron chi connectivity index (χ3n) is 4.21. The van der Waals surface area contributed by atoms with Gasteiger partial charge in [0.05, 0.1) is 11.9 Å². The van der Waals surface area contributed by atoms with Crippen LogP contribution in [0.4, 0.5) is 10.1 Å². The highest BCUT2D eigenvalue weighted by molar-refractivity contribution is 7.92. The molecule has 19 heavy (non-hydrogen) atoms. The van der Waals surface area contributed by atoms with Crippen LogP contribution in [0.5, 0.6) is 0 Å². The minimum atomic E-state index is -3.36. The first-order valence-corrected chi connectivity index (χ1v) is 8.26. The second kappa shape index (κ2) is 4.18. The van der Waals surface area contributed by atoms with Gasteiger partial charge in [-0.05, 0) is 43.6 Å². The van der Waals surface area contributed by atoms with Gasteiger partial charge in [0.25, 0.3) is 0 Å². The quantitative estimate of drug-likeness (QED) is 0.844. The SMILES string of the molecule is CS(=O)(=O)N1CC2(CCNCC2)c2ccc(F)cc21. The highest BCUT2D eigenvalue weighted by Crippen LogP contribution is 2.47. The highest BCUT2D eigenvalue weighted by atomic mass is 32.2. The molecule has 1 N–H and O–H groups in total. The summed E-state index contributed by atoms with van der Waals surface area (Å²) in [6, 6.07) is 4.52. The number of piperidine rings is 1. The van der Waals surface area contributed by atoms with E-state index in [-0.39, 0.29) is 5.41 Å². The van der Waals surface area contributed by atoms with E-state index < -0.39 is 15.8 Å². The molecule has 1 saturated heterocycles. The van der Waals surface area contributed by atoms with Gasteiger partial charge in [-0.2, -0.15) is 0 Å². The Hall–Kier alpha value is -1.14. The van der Waals surface area contributed by atoms with Gasteiger partial charge in [-0.25, -0.2) is 12.8 Å². The van der Waals surface area contributed by atoms with E-state index >= 15 is 0 Å². The number of halogens is 1. The predicted octanol–water partition coefficient (Wildman–Crippen LogP) is 1.23. The molecule has 2 heterocycles. The fourth-order valence-corrected chi connectivity index (χ4v) is 4.22. The molecule has 0 amide bonds. The number of hydrogen-bond donors (Lipinski definition) is 1. The van der Waals surface area contributed by atoms with Gasteiger partial charge in [-0.1, -0.05) is 6.07 Å². The van der Waals surface area contributed by atoms with Crippen molar-refractivity contribution < 1.29 is 12.8 Å². The van der Waals surface area contributed by atoms with Crippen LogP contribution in [-0.4, -0.2) is 34.3 Å². The van der Waals surface area contributed by atoms with E-state index in [1.807, 2.05) is 0 Å². The summed E-state index contributed by atoms with van der Waals surface area (Å²) in [7, 11) is -3.36. The summed E-state index contributed by atoms with van der Waals surface area (Å²) in [5, 5.41) is 3.29. The molecule has 0 bridgehead atoms. The van der Waals surface area contributed by atoms with Crippen molar-refractivity contribution in [1.82, 2.24) is 5.32 Å². The number of benzene rings is 1. The van der Waals surface area contributed by atoms with Crippen LogP contribution >= 0.6 is 0 Å². The van der Waals surface area contributed by atoms with E-state index in [2.05, 4.69) is 5.32 Å². The molecule has 1 aromatic rings. The number of hydrogen-bond acceptors (Lipinski definition) is 3. The van der Waals surface area contributed by atoms with Crippen molar-refractivity contribution in [3.8, 4) is 0 Å². The number of sulfonamides is 1. The fraction of sp³-hybridized carbons (Fsp3) is 0.538. The first-order valence-electron chi connectivity index (χ1n) is 6.41. The zero-order chi connectivity index (χ0) is 13.7. The molecule has 0 saturated carbocycles. The summed E-state index contributed by atoms with van der Waals surface area (Å²) in [4.78, 5) is 0. The van der Waals surface area contributed by atoms with Crippen molar-refractivity contribution in [3.63, 3.8) is 0 Å². The Morgan fingerprint density at radius 2 is 2.00 bits per heavy atom. The maximum Gasteiger partial charge on any atom is 0.232 e. The van der Waals surface area contributed by atoms with Crippen LogP contribution in [0, 0.1) is 5.82 Å². The van der Waals surface area contributed by atoms with E-state index in [1.165, 1.54) is 22.7 Å². The van der Waals surface area contributed by atoms with Gasteiger partial charge in [0, 0.05) is 12.0 Å². The van der Waals surface area contributed by atoms with E-state index in [0.717, 1.165) is 31.5 Å². The normalized spacial score (nSPS) is 21.7. The topological polar surface area (TPSA) is 49.4 Å². The largest absolute Gasteiger partial charge is 0.317 e. The predicted molar refractivity (Wildman–Crippen MR) is 72.4 cm³/mol. The van der Waals surface area contributed by atoms with Crippen molar-refractivity contribution in [3.05, 3.63) is 29.6 Å². The molecule has 0 unspecified atom stereocenters. The van der Waals surface area contributed by atoms with Crippen molar-refractivity contribution in [2.75, 3.05) is 30.2 Å². The molecule has 2 aliphatic heterocycles. The lowest BCUT2D eigenvalue weighted by Gasteiger charge is -2.34. The molecule has 0 atom stereocenters. The van der Waals surface area contributed by atoms with E-state index in [9.17, 15) is 12.8 Å². The van der Waals surface area contributed by atoms with Crippen LogP contribution in [0.3, 0.4) is 0 Å². The summed E-state index contributed by atoms with van der Waals surface area (Å²) >= 11 is 0. The highest BCUT2D eigenvalue weighted by Gasteiger charge is 2.45. The number of fused-ring (bicyclic) bond motifs is 2. The molecule has 1 fully saturated rings. The number of nitrogens with zero attached hydrogens (tertiary/aromatic N) is 1. The number of nitrogens with one attached hydrogen (secondary N) is 1. The standard InChI is InChI=1S/C13H17FN2O2S/c1-19(17,18)16-9-13(4-6-15-7-5-13)11-3-2-10(14)8-12(11)16/h2-3,8,15H,4-7,9H2,1H3. The maximum absolute atomic E-state index is 13.4. The van der Waals surface area contributed by atoms with Gasteiger partial charge in [0.2, 0.25) is 10.0 Å². The molecule has 3 rings (SSSR count). The summed E-state index contributed by atoms with van der Waals surface area (Å²) in [5.41, 5.74) is 1.34. The second-order valence-electron chi connectivity index (χ2n) is 5.46. The Bertz CT molecular complexity index is 609. The van der Waals surface area contributed by atoms with Gasteiger partial charge < -0.3 is 5.32 Å².